The predicted molar refractivity (Wildman–Crippen MR) is 90.3 cm³/mol. The SMILES string of the molecule is COc1ccccc1CCNC(=O)c1cc2cc(Cl)ccc2o1. The predicted octanol–water partition coefficient (Wildman–Crippen LogP) is 4.07. The van der Waals surface area contributed by atoms with E-state index >= 15 is 0 Å². The summed E-state index contributed by atoms with van der Waals surface area (Å²) in [6.07, 6.45) is 0.682. The second kappa shape index (κ2) is 6.75. The quantitative estimate of drug-likeness (QED) is 0.767. The lowest BCUT2D eigenvalue weighted by Crippen LogP contribution is -2.25. The van der Waals surface area contributed by atoms with Gasteiger partial charge >= 0.3 is 0 Å². The van der Waals surface area contributed by atoms with Crippen LogP contribution in [0.2, 0.25) is 5.02 Å². The van der Waals surface area contributed by atoms with E-state index in [4.69, 9.17) is 20.8 Å². The minimum atomic E-state index is -0.243. The van der Waals surface area contributed by atoms with Gasteiger partial charge in [-0.05, 0) is 42.3 Å². The molecule has 0 spiro atoms. The minimum absolute atomic E-state index is 0.243. The van der Waals surface area contributed by atoms with Gasteiger partial charge in [0.05, 0.1) is 7.11 Å². The van der Waals surface area contributed by atoms with Gasteiger partial charge in [-0.15, -0.1) is 0 Å². The standard InChI is InChI=1S/C18H16ClNO3/c1-22-15-5-3-2-4-12(15)8-9-20-18(21)17-11-13-10-14(19)6-7-16(13)23-17/h2-7,10-11H,8-9H2,1H3,(H,20,21). The number of nitrogens with one attached hydrogen (secondary N) is 1. The molecule has 4 nitrogen and oxygen atoms in total. The molecular weight excluding hydrogens is 314 g/mol. The maximum absolute atomic E-state index is 12.2. The highest BCUT2D eigenvalue weighted by molar-refractivity contribution is 6.31. The Balaban J connectivity index is 1.64. The molecule has 1 heterocycles. The highest BCUT2D eigenvalue weighted by Gasteiger charge is 2.12. The second-order valence-electron chi connectivity index (χ2n) is 5.11. The number of halogens is 1. The van der Waals surface area contributed by atoms with E-state index in [-0.39, 0.29) is 11.7 Å². The van der Waals surface area contributed by atoms with Gasteiger partial charge < -0.3 is 14.5 Å². The average molecular weight is 330 g/mol. The highest BCUT2D eigenvalue weighted by atomic mass is 35.5. The van der Waals surface area contributed by atoms with E-state index in [1.807, 2.05) is 24.3 Å². The van der Waals surface area contributed by atoms with Crippen LogP contribution in [0, 0.1) is 0 Å². The number of hydrogen-bond donors (Lipinski definition) is 1. The maximum atomic E-state index is 12.2. The van der Waals surface area contributed by atoms with Gasteiger partial charge in [0, 0.05) is 17.0 Å². The van der Waals surface area contributed by atoms with Crippen LogP contribution in [0.5, 0.6) is 5.75 Å². The summed E-state index contributed by atoms with van der Waals surface area (Å²) in [5.41, 5.74) is 1.69. The van der Waals surface area contributed by atoms with Crippen LogP contribution in [-0.2, 0) is 6.42 Å². The van der Waals surface area contributed by atoms with Gasteiger partial charge in [-0.25, -0.2) is 0 Å². The number of benzene rings is 2. The van der Waals surface area contributed by atoms with Crippen LogP contribution in [0.1, 0.15) is 16.1 Å². The first kappa shape index (κ1) is 15.4. The molecule has 3 aromatic rings. The largest absolute Gasteiger partial charge is 0.496 e. The molecule has 0 atom stereocenters. The van der Waals surface area contributed by atoms with Gasteiger partial charge in [-0.2, -0.15) is 0 Å². The molecule has 23 heavy (non-hydrogen) atoms. The van der Waals surface area contributed by atoms with E-state index in [2.05, 4.69) is 5.32 Å². The van der Waals surface area contributed by atoms with Gasteiger partial charge in [0.2, 0.25) is 0 Å². The molecule has 1 aromatic heterocycles. The van der Waals surface area contributed by atoms with Gasteiger partial charge in [-0.3, -0.25) is 4.79 Å². The Morgan fingerprint density at radius 1 is 1.22 bits per heavy atom. The van der Waals surface area contributed by atoms with Crippen molar-refractivity contribution in [3.8, 4) is 5.75 Å². The van der Waals surface area contributed by atoms with Crippen LogP contribution in [0.15, 0.2) is 52.9 Å². The monoisotopic (exact) mass is 329 g/mol. The molecule has 0 aliphatic rings. The van der Waals surface area contributed by atoms with Crippen LogP contribution >= 0.6 is 11.6 Å². The van der Waals surface area contributed by atoms with E-state index in [9.17, 15) is 4.79 Å². The third-order valence-corrected chi connectivity index (χ3v) is 3.81. The number of fused-ring (bicyclic) bond motifs is 1. The summed E-state index contributed by atoms with van der Waals surface area (Å²) < 4.78 is 10.8. The molecular formula is C18H16ClNO3. The molecule has 3 rings (SSSR count). The number of para-hydroxylation sites is 1. The minimum Gasteiger partial charge on any atom is -0.496 e. The topological polar surface area (TPSA) is 51.5 Å². The molecule has 0 fully saturated rings. The summed E-state index contributed by atoms with van der Waals surface area (Å²) in [5, 5.41) is 4.28. The van der Waals surface area contributed by atoms with Crippen molar-refractivity contribution in [2.24, 2.45) is 0 Å². The fourth-order valence-corrected chi connectivity index (χ4v) is 2.61. The lowest BCUT2D eigenvalue weighted by atomic mass is 10.1. The number of methoxy groups -OCH3 is 1. The number of amides is 1. The van der Waals surface area contributed by atoms with Crippen molar-refractivity contribution in [2.45, 2.75) is 6.42 Å². The molecule has 0 saturated carbocycles. The van der Waals surface area contributed by atoms with Gasteiger partial charge in [0.15, 0.2) is 5.76 Å². The smallest absolute Gasteiger partial charge is 0.287 e. The van der Waals surface area contributed by atoms with E-state index in [1.54, 1.807) is 31.4 Å². The third kappa shape index (κ3) is 3.48. The second-order valence-corrected chi connectivity index (χ2v) is 5.55. The maximum Gasteiger partial charge on any atom is 0.287 e. The van der Waals surface area contributed by atoms with E-state index in [1.165, 1.54) is 0 Å². The first-order valence-corrected chi connectivity index (χ1v) is 7.64. The third-order valence-electron chi connectivity index (χ3n) is 3.57. The van der Waals surface area contributed by atoms with E-state index < -0.39 is 0 Å². The molecule has 0 unspecified atom stereocenters. The average Bonchev–Trinajstić information content (AvgIpc) is 2.98. The summed E-state index contributed by atoms with van der Waals surface area (Å²) in [7, 11) is 1.64. The normalized spacial score (nSPS) is 10.7. The Kier molecular flexibility index (Phi) is 4.53. The number of rotatable bonds is 5. The van der Waals surface area contributed by atoms with Crippen molar-refractivity contribution in [1.82, 2.24) is 5.32 Å². The summed E-state index contributed by atoms with van der Waals surface area (Å²) >= 11 is 5.93. The van der Waals surface area contributed by atoms with E-state index in [0.717, 1.165) is 16.7 Å². The molecule has 0 aliphatic carbocycles. The zero-order valence-electron chi connectivity index (χ0n) is 12.6. The number of hydrogen-bond acceptors (Lipinski definition) is 3. The van der Waals surface area contributed by atoms with Crippen molar-refractivity contribution < 1.29 is 13.9 Å². The number of carbonyl (C=O) groups is 1. The van der Waals surface area contributed by atoms with Crippen LogP contribution in [0.3, 0.4) is 0 Å². The molecule has 5 heteroatoms. The van der Waals surface area contributed by atoms with Crippen molar-refractivity contribution >= 4 is 28.5 Å². The van der Waals surface area contributed by atoms with Crippen LogP contribution in [-0.4, -0.2) is 19.6 Å². The van der Waals surface area contributed by atoms with E-state index in [0.29, 0.717) is 23.6 Å². The lowest BCUT2D eigenvalue weighted by molar-refractivity contribution is 0.0928. The zero-order valence-corrected chi connectivity index (χ0v) is 13.4. The fourth-order valence-electron chi connectivity index (χ4n) is 2.43. The Hall–Kier alpha value is -2.46. The van der Waals surface area contributed by atoms with Crippen molar-refractivity contribution in [3.05, 3.63) is 64.9 Å². The summed E-state index contributed by atoms with van der Waals surface area (Å²) in [6, 6.07) is 14.7. The van der Waals surface area contributed by atoms with Gasteiger partial charge in [0.1, 0.15) is 11.3 Å². The van der Waals surface area contributed by atoms with Gasteiger partial charge in [-0.1, -0.05) is 29.8 Å². The fraction of sp³-hybridized carbons (Fsp3) is 0.167. The van der Waals surface area contributed by atoms with Crippen LogP contribution < -0.4 is 10.1 Å². The molecule has 0 saturated heterocycles. The molecule has 0 bridgehead atoms. The molecule has 1 amide bonds. The molecule has 1 N–H and O–H groups in total. The number of furan rings is 1. The van der Waals surface area contributed by atoms with Crippen LogP contribution in [0.25, 0.3) is 11.0 Å². The molecule has 118 valence electrons. The Morgan fingerprint density at radius 2 is 2.04 bits per heavy atom. The lowest BCUT2D eigenvalue weighted by Gasteiger charge is -2.08. The number of carbonyl (C=O) groups excluding carboxylic acids is 1. The van der Waals surface area contributed by atoms with Crippen molar-refractivity contribution in [1.29, 1.82) is 0 Å². The number of ether oxygens (including phenoxy) is 1. The van der Waals surface area contributed by atoms with Crippen LogP contribution in [0.4, 0.5) is 0 Å². The highest BCUT2D eigenvalue weighted by Crippen LogP contribution is 2.23. The van der Waals surface area contributed by atoms with Gasteiger partial charge in [0.25, 0.3) is 5.91 Å². The summed E-state index contributed by atoms with van der Waals surface area (Å²) in [6.45, 7) is 0.497. The zero-order chi connectivity index (χ0) is 16.2. The first-order valence-electron chi connectivity index (χ1n) is 7.26. The summed E-state index contributed by atoms with van der Waals surface area (Å²) in [4.78, 5) is 12.2. The molecule has 0 aliphatic heterocycles. The summed E-state index contributed by atoms with van der Waals surface area (Å²) in [5.74, 6) is 0.856. The Morgan fingerprint density at radius 3 is 2.87 bits per heavy atom. The Bertz CT molecular complexity index is 841. The molecule has 2 aromatic carbocycles. The van der Waals surface area contributed by atoms with Crippen molar-refractivity contribution in [3.63, 3.8) is 0 Å². The van der Waals surface area contributed by atoms with Crippen molar-refractivity contribution in [2.75, 3.05) is 13.7 Å². The molecule has 0 radical (unpaired) electrons. The first-order chi connectivity index (χ1) is 11.2. The Labute approximate surface area is 139 Å².